The second kappa shape index (κ2) is 6.36. The summed E-state index contributed by atoms with van der Waals surface area (Å²) >= 11 is 0. The van der Waals surface area contributed by atoms with Crippen LogP contribution in [0, 0.1) is 0 Å². The van der Waals surface area contributed by atoms with E-state index >= 15 is 0 Å². The van der Waals surface area contributed by atoms with Crippen molar-refractivity contribution in [2.24, 2.45) is 0 Å². The van der Waals surface area contributed by atoms with Crippen LogP contribution in [0.4, 0.5) is 5.69 Å². The van der Waals surface area contributed by atoms with Gasteiger partial charge in [0.25, 0.3) is 10.0 Å². The summed E-state index contributed by atoms with van der Waals surface area (Å²) in [6.07, 6.45) is 1.53. The molecule has 0 aliphatic carbocycles. The van der Waals surface area contributed by atoms with E-state index in [0.717, 1.165) is 16.5 Å². The van der Waals surface area contributed by atoms with Crippen LogP contribution in [0.3, 0.4) is 0 Å². The van der Waals surface area contributed by atoms with Gasteiger partial charge in [-0.15, -0.1) is 0 Å². The van der Waals surface area contributed by atoms with Gasteiger partial charge in [0.2, 0.25) is 0 Å². The molecule has 0 atom stereocenters. The van der Waals surface area contributed by atoms with Crippen molar-refractivity contribution in [3.63, 3.8) is 0 Å². The van der Waals surface area contributed by atoms with E-state index in [9.17, 15) is 8.42 Å². The Morgan fingerprint density at radius 3 is 2.25 bits per heavy atom. The molecule has 2 aromatic rings. The summed E-state index contributed by atoms with van der Waals surface area (Å²) in [7, 11) is -3.55. The molecule has 0 fully saturated rings. The molecule has 0 unspecified atom stereocenters. The summed E-state index contributed by atoms with van der Waals surface area (Å²) < 4.78 is 26.2. The minimum atomic E-state index is -3.55. The molecule has 0 bridgehead atoms. The smallest absolute Gasteiger partial charge is 0.255 e. The zero-order valence-electron chi connectivity index (χ0n) is 10.7. The Labute approximate surface area is 118 Å². The minimum absolute atomic E-state index is 0.0685. The highest BCUT2D eigenvalue weighted by atomic mass is 32.2. The average Bonchev–Trinajstić information content (AvgIpc) is 2.47. The van der Waals surface area contributed by atoms with Crippen molar-refractivity contribution in [1.29, 1.82) is 0 Å². The number of hydrogen-bond donors (Lipinski definition) is 2. The monoisotopic (exact) mass is 289 g/mol. The Hall–Kier alpha value is -2.11. The van der Waals surface area contributed by atoms with E-state index in [4.69, 9.17) is 5.11 Å². The summed E-state index contributed by atoms with van der Waals surface area (Å²) in [6, 6.07) is 15.7. The van der Waals surface area contributed by atoms with Crippen LogP contribution in [0.1, 0.15) is 11.1 Å². The molecule has 0 aliphatic heterocycles. The van der Waals surface area contributed by atoms with E-state index in [1.807, 2.05) is 30.3 Å². The van der Waals surface area contributed by atoms with Crippen molar-refractivity contribution in [2.75, 3.05) is 4.72 Å². The van der Waals surface area contributed by atoms with Crippen LogP contribution in [-0.2, 0) is 16.6 Å². The summed E-state index contributed by atoms with van der Waals surface area (Å²) in [4.78, 5) is 0. The standard InChI is InChI=1S/C15H15NO3S/c17-12-14-6-8-15(9-7-14)16-20(18,19)11-10-13-4-2-1-3-5-13/h1-11,16-17H,12H2. The van der Waals surface area contributed by atoms with Gasteiger partial charge in [0, 0.05) is 5.69 Å². The van der Waals surface area contributed by atoms with Crippen LogP contribution in [0.25, 0.3) is 6.08 Å². The van der Waals surface area contributed by atoms with Gasteiger partial charge < -0.3 is 5.11 Å². The fourth-order valence-corrected chi connectivity index (χ4v) is 2.48. The fraction of sp³-hybridized carbons (Fsp3) is 0.0667. The van der Waals surface area contributed by atoms with Gasteiger partial charge in [-0.3, -0.25) is 4.72 Å². The van der Waals surface area contributed by atoms with Gasteiger partial charge in [-0.1, -0.05) is 42.5 Å². The van der Waals surface area contributed by atoms with Gasteiger partial charge in [-0.2, -0.15) is 0 Å². The molecule has 5 heteroatoms. The number of benzene rings is 2. The average molecular weight is 289 g/mol. The third-order valence-corrected chi connectivity index (χ3v) is 3.65. The van der Waals surface area contributed by atoms with E-state index in [1.165, 1.54) is 6.08 Å². The van der Waals surface area contributed by atoms with E-state index in [2.05, 4.69) is 4.72 Å². The molecule has 0 aliphatic rings. The molecule has 2 N–H and O–H groups in total. The molecule has 0 heterocycles. The molecule has 4 nitrogen and oxygen atoms in total. The third-order valence-electron chi connectivity index (χ3n) is 2.64. The molecule has 104 valence electrons. The summed E-state index contributed by atoms with van der Waals surface area (Å²) in [5.74, 6) is 0. The summed E-state index contributed by atoms with van der Waals surface area (Å²) in [5.41, 5.74) is 2.00. The highest BCUT2D eigenvalue weighted by molar-refractivity contribution is 7.95. The number of anilines is 1. The van der Waals surface area contributed by atoms with Crippen molar-refractivity contribution in [2.45, 2.75) is 6.61 Å². The lowest BCUT2D eigenvalue weighted by atomic mass is 10.2. The predicted molar refractivity (Wildman–Crippen MR) is 80.4 cm³/mol. The molecule has 0 spiro atoms. The first-order chi connectivity index (χ1) is 9.59. The van der Waals surface area contributed by atoms with Crippen molar-refractivity contribution in [3.8, 4) is 0 Å². The quantitative estimate of drug-likeness (QED) is 0.889. The number of sulfonamides is 1. The lowest BCUT2D eigenvalue weighted by Crippen LogP contribution is -2.08. The summed E-state index contributed by atoms with van der Waals surface area (Å²) in [6.45, 7) is -0.0685. The van der Waals surface area contributed by atoms with Crippen LogP contribution in [0.2, 0.25) is 0 Å². The Morgan fingerprint density at radius 2 is 1.65 bits per heavy atom. The first-order valence-electron chi connectivity index (χ1n) is 6.05. The minimum Gasteiger partial charge on any atom is -0.392 e. The zero-order chi connectivity index (χ0) is 14.4. The van der Waals surface area contributed by atoms with Gasteiger partial charge >= 0.3 is 0 Å². The Balaban J connectivity index is 2.09. The Bertz CT molecular complexity index is 677. The highest BCUT2D eigenvalue weighted by Gasteiger charge is 2.05. The van der Waals surface area contributed by atoms with Gasteiger partial charge in [0.05, 0.1) is 12.0 Å². The molecule has 0 amide bonds. The van der Waals surface area contributed by atoms with Crippen LogP contribution in [-0.4, -0.2) is 13.5 Å². The lowest BCUT2D eigenvalue weighted by Gasteiger charge is -2.05. The molecule has 0 saturated heterocycles. The van der Waals surface area contributed by atoms with E-state index in [-0.39, 0.29) is 6.61 Å². The number of aliphatic hydroxyl groups excluding tert-OH is 1. The predicted octanol–water partition coefficient (Wildman–Crippen LogP) is 2.59. The molecule has 0 radical (unpaired) electrons. The number of rotatable bonds is 5. The Morgan fingerprint density at radius 1 is 1.00 bits per heavy atom. The fourth-order valence-electron chi connectivity index (χ4n) is 1.61. The number of aliphatic hydroxyl groups is 1. The molecule has 0 aromatic heterocycles. The van der Waals surface area contributed by atoms with Crippen LogP contribution < -0.4 is 4.72 Å². The van der Waals surface area contributed by atoms with Crippen LogP contribution in [0.5, 0.6) is 0 Å². The number of hydrogen-bond acceptors (Lipinski definition) is 3. The maximum atomic E-state index is 11.9. The third kappa shape index (κ3) is 4.22. The van der Waals surface area contributed by atoms with Gasteiger partial charge in [-0.25, -0.2) is 8.42 Å². The van der Waals surface area contributed by atoms with E-state index in [0.29, 0.717) is 5.69 Å². The lowest BCUT2D eigenvalue weighted by molar-refractivity contribution is 0.282. The van der Waals surface area contributed by atoms with Gasteiger partial charge in [0.15, 0.2) is 0 Å². The first-order valence-corrected chi connectivity index (χ1v) is 7.59. The molecular formula is C15H15NO3S. The SMILES string of the molecule is O=S(=O)(C=Cc1ccccc1)Nc1ccc(CO)cc1. The normalized spacial score (nSPS) is 11.7. The van der Waals surface area contributed by atoms with Gasteiger partial charge in [0.1, 0.15) is 0 Å². The Kier molecular flexibility index (Phi) is 4.55. The topological polar surface area (TPSA) is 66.4 Å². The largest absolute Gasteiger partial charge is 0.392 e. The van der Waals surface area contributed by atoms with Crippen molar-refractivity contribution < 1.29 is 13.5 Å². The van der Waals surface area contributed by atoms with Crippen molar-refractivity contribution in [1.82, 2.24) is 0 Å². The van der Waals surface area contributed by atoms with Crippen LogP contribution >= 0.6 is 0 Å². The van der Waals surface area contributed by atoms with Crippen molar-refractivity contribution >= 4 is 21.8 Å². The van der Waals surface area contributed by atoms with Gasteiger partial charge in [-0.05, 0) is 29.3 Å². The first kappa shape index (κ1) is 14.3. The number of nitrogens with one attached hydrogen (secondary N) is 1. The molecule has 20 heavy (non-hydrogen) atoms. The van der Waals surface area contributed by atoms with E-state index < -0.39 is 10.0 Å². The second-order valence-electron chi connectivity index (χ2n) is 4.22. The molecule has 2 rings (SSSR count). The van der Waals surface area contributed by atoms with E-state index in [1.54, 1.807) is 24.3 Å². The molecular weight excluding hydrogens is 274 g/mol. The maximum Gasteiger partial charge on any atom is 0.255 e. The van der Waals surface area contributed by atoms with Crippen molar-refractivity contribution in [3.05, 3.63) is 71.1 Å². The molecule has 2 aromatic carbocycles. The highest BCUT2D eigenvalue weighted by Crippen LogP contribution is 2.12. The summed E-state index contributed by atoms with van der Waals surface area (Å²) in [5, 5.41) is 10.0. The second-order valence-corrected chi connectivity index (χ2v) is 5.78. The maximum absolute atomic E-state index is 11.9. The molecule has 0 saturated carbocycles. The zero-order valence-corrected chi connectivity index (χ0v) is 11.5. The van der Waals surface area contributed by atoms with Crippen LogP contribution in [0.15, 0.2) is 60.0 Å².